The number of allylic oxidation sites excluding steroid dienone is 1. The number of aliphatic hydroxyl groups excluding tert-OH is 1. The Morgan fingerprint density at radius 1 is 1.00 bits per heavy atom. The highest BCUT2D eigenvalue weighted by atomic mass is 16.7. The summed E-state index contributed by atoms with van der Waals surface area (Å²) in [5.74, 6) is 2.02. The molecular formula is C21H32O3. The first kappa shape index (κ1) is 15.8. The Morgan fingerprint density at radius 3 is 2.54 bits per heavy atom. The van der Waals surface area contributed by atoms with Crippen molar-refractivity contribution in [2.24, 2.45) is 28.6 Å². The van der Waals surface area contributed by atoms with Gasteiger partial charge in [0.2, 0.25) is 0 Å². The highest BCUT2D eigenvalue weighted by Gasteiger charge is 2.66. The van der Waals surface area contributed by atoms with E-state index in [2.05, 4.69) is 19.9 Å². The standard InChI is InChI=1S/C21H32O3/c1-19-8-5-15(22)13-14(19)3-4-16-17(19)6-9-20(2)18(16)7-10-21(20)23-11-12-24-21/h3,15-18,22H,4-13H2,1-2H3/t15-,16+,17-,18-,19+,20-/m1/s1. The zero-order chi connectivity index (χ0) is 16.6. The van der Waals surface area contributed by atoms with Crippen LogP contribution in [0.25, 0.3) is 0 Å². The Hall–Kier alpha value is -0.380. The Labute approximate surface area is 145 Å². The van der Waals surface area contributed by atoms with Crippen LogP contribution in [0.5, 0.6) is 0 Å². The molecule has 3 nitrogen and oxygen atoms in total. The van der Waals surface area contributed by atoms with E-state index in [1.807, 2.05) is 0 Å². The van der Waals surface area contributed by atoms with E-state index < -0.39 is 0 Å². The molecule has 3 saturated carbocycles. The van der Waals surface area contributed by atoms with E-state index in [0.29, 0.717) is 5.41 Å². The second kappa shape index (κ2) is 5.08. The molecule has 1 saturated heterocycles. The first-order valence-electron chi connectivity index (χ1n) is 10.1. The summed E-state index contributed by atoms with van der Waals surface area (Å²) in [7, 11) is 0. The van der Waals surface area contributed by atoms with Crippen LogP contribution < -0.4 is 0 Å². The van der Waals surface area contributed by atoms with E-state index in [1.54, 1.807) is 5.57 Å². The third kappa shape index (κ3) is 1.84. The molecule has 24 heavy (non-hydrogen) atoms. The zero-order valence-electron chi connectivity index (χ0n) is 15.2. The van der Waals surface area contributed by atoms with Gasteiger partial charge < -0.3 is 14.6 Å². The fourth-order valence-corrected chi connectivity index (χ4v) is 7.53. The Morgan fingerprint density at radius 2 is 1.75 bits per heavy atom. The van der Waals surface area contributed by atoms with Crippen molar-refractivity contribution in [2.75, 3.05) is 13.2 Å². The van der Waals surface area contributed by atoms with Crippen molar-refractivity contribution < 1.29 is 14.6 Å². The first-order chi connectivity index (χ1) is 11.5. The molecule has 1 N–H and O–H groups in total. The van der Waals surface area contributed by atoms with E-state index in [-0.39, 0.29) is 17.3 Å². The van der Waals surface area contributed by atoms with Gasteiger partial charge in [-0.15, -0.1) is 0 Å². The lowest BCUT2D eigenvalue weighted by Gasteiger charge is -2.58. The monoisotopic (exact) mass is 332 g/mol. The van der Waals surface area contributed by atoms with E-state index >= 15 is 0 Å². The third-order valence-electron chi connectivity index (χ3n) is 8.88. The number of rotatable bonds is 0. The van der Waals surface area contributed by atoms with Crippen molar-refractivity contribution in [1.82, 2.24) is 0 Å². The van der Waals surface area contributed by atoms with Gasteiger partial charge in [0.25, 0.3) is 0 Å². The lowest BCUT2D eigenvalue weighted by atomic mass is 9.47. The molecule has 0 bridgehead atoms. The smallest absolute Gasteiger partial charge is 0.174 e. The average molecular weight is 332 g/mol. The van der Waals surface area contributed by atoms with E-state index in [9.17, 15) is 5.11 Å². The fraction of sp³-hybridized carbons (Fsp3) is 0.905. The molecule has 5 rings (SSSR count). The van der Waals surface area contributed by atoms with Gasteiger partial charge in [0.05, 0.1) is 19.3 Å². The van der Waals surface area contributed by atoms with Crippen molar-refractivity contribution in [3.8, 4) is 0 Å². The van der Waals surface area contributed by atoms with Crippen LogP contribution in [0.2, 0.25) is 0 Å². The number of fused-ring (bicyclic) bond motifs is 6. The van der Waals surface area contributed by atoms with Crippen molar-refractivity contribution >= 4 is 0 Å². The topological polar surface area (TPSA) is 38.7 Å². The quantitative estimate of drug-likeness (QED) is 0.680. The van der Waals surface area contributed by atoms with Gasteiger partial charge in [-0.05, 0) is 68.1 Å². The number of hydrogen-bond acceptors (Lipinski definition) is 3. The molecule has 3 heteroatoms. The summed E-state index contributed by atoms with van der Waals surface area (Å²) in [6.07, 6.45) is 11.6. The van der Waals surface area contributed by atoms with Gasteiger partial charge in [0.15, 0.2) is 5.79 Å². The molecular weight excluding hydrogens is 300 g/mol. The lowest BCUT2D eigenvalue weighted by Crippen LogP contribution is -2.55. The minimum Gasteiger partial charge on any atom is -0.393 e. The van der Waals surface area contributed by atoms with Crippen LogP contribution in [-0.2, 0) is 9.47 Å². The second-order valence-electron chi connectivity index (χ2n) is 9.60. The molecule has 0 aromatic carbocycles. The maximum Gasteiger partial charge on any atom is 0.174 e. The molecule has 0 radical (unpaired) electrons. The van der Waals surface area contributed by atoms with Gasteiger partial charge in [0.1, 0.15) is 0 Å². The maximum absolute atomic E-state index is 10.1. The van der Waals surface area contributed by atoms with Gasteiger partial charge in [0, 0.05) is 11.8 Å². The van der Waals surface area contributed by atoms with Crippen molar-refractivity contribution in [3.05, 3.63) is 11.6 Å². The summed E-state index contributed by atoms with van der Waals surface area (Å²) in [5.41, 5.74) is 2.09. The Kier molecular flexibility index (Phi) is 3.35. The molecule has 0 aromatic heterocycles. The van der Waals surface area contributed by atoms with E-state index in [1.165, 1.54) is 32.1 Å². The minimum absolute atomic E-state index is 0.107. The Balaban J connectivity index is 1.49. The van der Waals surface area contributed by atoms with Crippen LogP contribution in [0, 0.1) is 28.6 Å². The highest BCUT2D eigenvalue weighted by molar-refractivity contribution is 5.26. The summed E-state index contributed by atoms with van der Waals surface area (Å²) in [5, 5.41) is 10.1. The van der Waals surface area contributed by atoms with Crippen molar-refractivity contribution in [3.63, 3.8) is 0 Å². The van der Waals surface area contributed by atoms with Crippen LogP contribution in [0.15, 0.2) is 11.6 Å². The number of aliphatic hydroxyl groups is 1. The molecule has 0 aromatic rings. The van der Waals surface area contributed by atoms with Crippen LogP contribution in [0.4, 0.5) is 0 Å². The second-order valence-corrected chi connectivity index (χ2v) is 9.60. The highest BCUT2D eigenvalue weighted by Crippen LogP contribution is 2.68. The molecule has 4 aliphatic carbocycles. The molecule has 1 spiro atoms. The summed E-state index contributed by atoms with van der Waals surface area (Å²) in [4.78, 5) is 0. The van der Waals surface area contributed by atoms with Crippen LogP contribution >= 0.6 is 0 Å². The van der Waals surface area contributed by atoms with Gasteiger partial charge in [-0.2, -0.15) is 0 Å². The average Bonchev–Trinajstić information content (AvgIpc) is 3.15. The molecule has 6 atom stereocenters. The van der Waals surface area contributed by atoms with Gasteiger partial charge in [-0.3, -0.25) is 0 Å². The van der Waals surface area contributed by atoms with Crippen LogP contribution in [-0.4, -0.2) is 30.2 Å². The minimum atomic E-state index is -0.281. The SMILES string of the molecule is C[C@]12CC[C@@H](O)CC1=CC[C@H]1[C@H]2CC[C@]2(C)[C@@H]1CCC21OCCO1. The predicted molar refractivity (Wildman–Crippen MR) is 92.3 cm³/mol. The number of hydrogen-bond donors (Lipinski definition) is 1. The summed E-state index contributed by atoms with van der Waals surface area (Å²) < 4.78 is 12.5. The zero-order valence-corrected chi connectivity index (χ0v) is 15.2. The molecule has 1 heterocycles. The largest absolute Gasteiger partial charge is 0.393 e. The van der Waals surface area contributed by atoms with Crippen LogP contribution in [0.1, 0.15) is 65.2 Å². The first-order valence-corrected chi connectivity index (χ1v) is 10.1. The molecule has 0 unspecified atom stereocenters. The normalized spacial score (nSPS) is 52.5. The lowest BCUT2D eigenvalue weighted by molar-refractivity contribution is -0.242. The predicted octanol–water partition coefficient (Wildman–Crippen LogP) is 4.05. The van der Waals surface area contributed by atoms with Crippen LogP contribution in [0.3, 0.4) is 0 Å². The summed E-state index contributed by atoms with van der Waals surface area (Å²) >= 11 is 0. The molecule has 0 amide bonds. The molecule has 4 fully saturated rings. The van der Waals surface area contributed by atoms with Gasteiger partial charge >= 0.3 is 0 Å². The van der Waals surface area contributed by atoms with E-state index in [0.717, 1.165) is 50.2 Å². The fourth-order valence-electron chi connectivity index (χ4n) is 7.53. The van der Waals surface area contributed by atoms with Crippen molar-refractivity contribution in [1.29, 1.82) is 0 Å². The van der Waals surface area contributed by atoms with Gasteiger partial charge in [-0.25, -0.2) is 0 Å². The summed E-state index contributed by atoms with van der Waals surface area (Å²) in [6, 6.07) is 0. The third-order valence-corrected chi connectivity index (χ3v) is 8.88. The van der Waals surface area contributed by atoms with E-state index in [4.69, 9.17) is 9.47 Å². The molecule has 1 aliphatic heterocycles. The maximum atomic E-state index is 10.1. The molecule has 5 aliphatic rings. The van der Waals surface area contributed by atoms with Gasteiger partial charge in [-0.1, -0.05) is 25.5 Å². The molecule has 134 valence electrons. The van der Waals surface area contributed by atoms with Crippen molar-refractivity contribution in [2.45, 2.75) is 77.1 Å². The summed E-state index contributed by atoms with van der Waals surface area (Å²) in [6.45, 7) is 6.50. The Bertz CT molecular complexity index is 563. The number of ether oxygens (including phenoxy) is 2.